The molecule has 208 valence electrons. The molecular formula is C31H42F2N2O3. The number of aryl methyl sites for hydroxylation is 1. The molecule has 0 aliphatic heterocycles. The Kier molecular flexibility index (Phi) is 6.50. The molecular weight excluding hydrogens is 486 g/mol. The molecule has 4 aliphatic carbocycles. The van der Waals surface area contributed by atoms with Gasteiger partial charge in [-0.1, -0.05) is 20.8 Å². The third-order valence-corrected chi connectivity index (χ3v) is 12.1. The number of benzene rings is 1. The second kappa shape index (κ2) is 9.36. The maximum Gasteiger partial charge on any atom is 0.261 e. The summed E-state index contributed by atoms with van der Waals surface area (Å²) >= 11 is 0. The van der Waals surface area contributed by atoms with Crippen molar-refractivity contribution in [1.82, 2.24) is 9.97 Å². The Hall–Kier alpha value is -1.86. The Labute approximate surface area is 223 Å². The molecule has 0 amide bonds. The van der Waals surface area contributed by atoms with E-state index < -0.39 is 17.2 Å². The summed E-state index contributed by atoms with van der Waals surface area (Å²) in [5, 5.41) is 21.5. The zero-order valence-electron chi connectivity index (χ0n) is 22.9. The zero-order chi connectivity index (χ0) is 27.0. The van der Waals surface area contributed by atoms with Crippen LogP contribution in [-0.4, -0.2) is 32.4 Å². The number of rotatable bonds is 4. The molecule has 0 radical (unpaired) electrons. The molecule has 4 saturated carbocycles. The summed E-state index contributed by atoms with van der Waals surface area (Å²) in [7, 11) is 0. The molecule has 4 fully saturated rings. The fourth-order valence-corrected chi connectivity index (χ4v) is 10.1. The number of H-pyrrole nitrogens is 1. The number of aromatic nitrogens is 2. The Morgan fingerprint density at radius 1 is 1.05 bits per heavy atom. The summed E-state index contributed by atoms with van der Waals surface area (Å²) in [5.74, 6) is 1.10. The fraction of sp³-hybridized carbons (Fsp3) is 0.742. The van der Waals surface area contributed by atoms with E-state index in [1.165, 1.54) is 12.5 Å². The molecule has 1 heterocycles. The SMILES string of the molecule is C[C@H](CCc1nc2ccc(F)c(F)c2c(=O)[nH]1)[C@H]1CC[C@H]2[C@H]3C(CC[C@]12C)[C@@]1(C)CC[C@@H](O)C[C@H]1C[C@H]3O. The van der Waals surface area contributed by atoms with Crippen LogP contribution in [0.5, 0.6) is 0 Å². The van der Waals surface area contributed by atoms with Gasteiger partial charge in [-0.3, -0.25) is 4.79 Å². The molecule has 6 rings (SSSR count). The van der Waals surface area contributed by atoms with Crippen LogP contribution < -0.4 is 5.56 Å². The Bertz CT molecular complexity index is 1280. The van der Waals surface area contributed by atoms with Crippen LogP contribution in [-0.2, 0) is 6.42 Å². The van der Waals surface area contributed by atoms with E-state index in [0.29, 0.717) is 47.8 Å². The standard InChI is InChI=1S/C31H42F2N2O3/c1-16(4-9-25-34-23-8-7-22(32)28(33)27(23)29(38)35-25)19-5-6-20-26-21(11-13-31(19,20)3)30(2)12-10-18(36)14-17(30)15-24(26)37/h7-8,16-21,24,26,36-37H,4-6,9-15H2,1-3H3,(H,34,35,38)/t16-,17+,18-,19-,20+,21?,24-,26+,30+,31-/m1/s1. The minimum Gasteiger partial charge on any atom is -0.393 e. The highest BCUT2D eigenvalue weighted by molar-refractivity contribution is 5.78. The van der Waals surface area contributed by atoms with Crippen molar-refractivity contribution < 1.29 is 19.0 Å². The quantitative estimate of drug-likeness (QED) is 0.471. The van der Waals surface area contributed by atoms with Crippen molar-refractivity contribution in [2.45, 2.75) is 97.2 Å². The van der Waals surface area contributed by atoms with Gasteiger partial charge >= 0.3 is 0 Å². The number of aromatic amines is 1. The van der Waals surface area contributed by atoms with E-state index in [-0.39, 0.29) is 33.9 Å². The van der Waals surface area contributed by atoms with Crippen molar-refractivity contribution in [2.75, 3.05) is 0 Å². The number of hydrogen-bond donors (Lipinski definition) is 3. The van der Waals surface area contributed by atoms with Gasteiger partial charge in [-0.25, -0.2) is 13.8 Å². The van der Waals surface area contributed by atoms with Crippen LogP contribution >= 0.6 is 0 Å². The first-order chi connectivity index (χ1) is 18.0. The lowest BCUT2D eigenvalue weighted by Gasteiger charge is -2.62. The number of hydrogen-bond acceptors (Lipinski definition) is 4. The van der Waals surface area contributed by atoms with Crippen LogP contribution in [0.4, 0.5) is 8.78 Å². The minimum atomic E-state index is -1.15. The molecule has 0 bridgehead atoms. The van der Waals surface area contributed by atoms with Crippen molar-refractivity contribution in [3.8, 4) is 0 Å². The van der Waals surface area contributed by atoms with E-state index in [4.69, 9.17) is 0 Å². The third kappa shape index (κ3) is 3.97. The number of aliphatic hydroxyl groups is 2. The first-order valence-electron chi connectivity index (χ1n) is 14.8. The van der Waals surface area contributed by atoms with Gasteiger partial charge in [0.05, 0.1) is 17.7 Å². The molecule has 2 aromatic rings. The smallest absolute Gasteiger partial charge is 0.261 e. The molecule has 4 aliphatic rings. The first kappa shape index (κ1) is 26.4. The summed E-state index contributed by atoms with van der Waals surface area (Å²) in [6, 6.07) is 2.38. The van der Waals surface area contributed by atoms with Crippen molar-refractivity contribution in [1.29, 1.82) is 0 Å². The lowest BCUT2D eigenvalue weighted by atomic mass is 9.43. The van der Waals surface area contributed by atoms with Crippen LogP contribution in [0, 0.1) is 58.0 Å². The summed E-state index contributed by atoms with van der Waals surface area (Å²) in [6.07, 6.45) is 9.23. The van der Waals surface area contributed by atoms with E-state index in [1.54, 1.807) is 0 Å². The number of nitrogens with one attached hydrogen (secondary N) is 1. The highest BCUT2D eigenvalue weighted by Gasteiger charge is 2.62. The summed E-state index contributed by atoms with van der Waals surface area (Å²) in [6.45, 7) is 7.21. The van der Waals surface area contributed by atoms with Crippen LogP contribution in [0.3, 0.4) is 0 Å². The number of nitrogens with zero attached hydrogens (tertiary/aromatic N) is 1. The minimum absolute atomic E-state index is 0.184. The molecule has 10 atom stereocenters. The average molecular weight is 529 g/mol. The number of halogens is 2. The van der Waals surface area contributed by atoms with Gasteiger partial charge < -0.3 is 15.2 Å². The zero-order valence-corrected chi connectivity index (χ0v) is 22.9. The van der Waals surface area contributed by atoms with Crippen molar-refractivity contribution in [3.05, 3.63) is 39.9 Å². The molecule has 38 heavy (non-hydrogen) atoms. The van der Waals surface area contributed by atoms with Crippen LogP contribution in [0.15, 0.2) is 16.9 Å². The summed E-state index contributed by atoms with van der Waals surface area (Å²) in [4.78, 5) is 19.6. The van der Waals surface area contributed by atoms with Crippen molar-refractivity contribution in [2.24, 2.45) is 46.3 Å². The fourth-order valence-electron chi connectivity index (χ4n) is 10.1. The van der Waals surface area contributed by atoms with Gasteiger partial charge in [0.1, 0.15) is 11.2 Å². The lowest BCUT2D eigenvalue weighted by molar-refractivity contribution is -0.174. The number of fused-ring (bicyclic) bond motifs is 6. The van der Waals surface area contributed by atoms with Gasteiger partial charge in [-0.2, -0.15) is 0 Å². The van der Waals surface area contributed by atoms with Gasteiger partial charge in [0, 0.05) is 6.42 Å². The van der Waals surface area contributed by atoms with Gasteiger partial charge in [-0.05, 0) is 116 Å². The Morgan fingerprint density at radius 2 is 1.79 bits per heavy atom. The first-order valence-corrected chi connectivity index (χ1v) is 14.8. The lowest BCUT2D eigenvalue weighted by Crippen LogP contribution is -2.58. The Balaban J connectivity index is 1.18. The predicted octanol–water partition coefficient (Wildman–Crippen LogP) is 5.76. The van der Waals surface area contributed by atoms with E-state index >= 15 is 0 Å². The highest BCUT2D eigenvalue weighted by atomic mass is 19.2. The second-order valence-electron chi connectivity index (χ2n) is 13.7. The van der Waals surface area contributed by atoms with E-state index in [1.807, 2.05) is 0 Å². The highest BCUT2D eigenvalue weighted by Crippen LogP contribution is 2.68. The van der Waals surface area contributed by atoms with Crippen molar-refractivity contribution in [3.63, 3.8) is 0 Å². The van der Waals surface area contributed by atoms with Crippen LogP contribution in [0.25, 0.3) is 10.9 Å². The third-order valence-electron chi connectivity index (χ3n) is 12.1. The average Bonchev–Trinajstić information content (AvgIpc) is 3.23. The van der Waals surface area contributed by atoms with Gasteiger partial charge in [0.25, 0.3) is 5.56 Å². The van der Waals surface area contributed by atoms with E-state index in [2.05, 4.69) is 30.7 Å². The largest absolute Gasteiger partial charge is 0.393 e. The second-order valence-corrected chi connectivity index (χ2v) is 13.7. The molecule has 7 heteroatoms. The van der Waals surface area contributed by atoms with Gasteiger partial charge in [0.2, 0.25) is 0 Å². The summed E-state index contributed by atoms with van der Waals surface area (Å²) in [5.41, 5.74) is -0.0300. The number of aliphatic hydroxyl groups excluding tert-OH is 2. The van der Waals surface area contributed by atoms with Gasteiger partial charge in [-0.15, -0.1) is 0 Å². The van der Waals surface area contributed by atoms with E-state index in [9.17, 15) is 23.8 Å². The molecule has 3 N–H and O–H groups in total. The summed E-state index contributed by atoms with van der Waals surface area (Å²) < 4.78 is 27.7. The molecule has 1 unspecified atom stereocenters. The predicted molar refractivity (Wildman–Crippen MR) is 142 cm³/mol. The van der Waals surface area contributed by atoms with E-state index in [0.717, 1.165) is 57.4 Å². The van der Waals surface area contributed by atoms with Crippen molar-refractivity contribution >= 4 is 10.9 Å². The van der Waals surface area contributed by atoms with Crippen LogP contribution in [0.1, 0.15) is 84.4 Å². The molecule has 1 aromatic heterocycles. The van der Waals surface area contributed by atoms with Crippen LogP contribution in [0.2, 0.25) is 0 Å². The monoisotopic (exact) mass is 528 g/mol. The molecule has 5 nitrogen and oxygen atoms in total. The maximum atomic E-state index is 14.1. The molecule has 0 spiro atoms. The maximum absolute atomic E-state index is 14.1. The van der Waals surface area contributed by atoms with Gasteiger partial charge in [0.15, 0.2) is 11.6 Å². The molecule has 0 saturated heterocycles. The topological polar surface area (TPSA) is 86.2 Å². The molecule has 1 aromatic carbocycles. The Morgan fingerprint density at radius 3 is 2.58 bits per heavy atom. The normalized spacial score (nSPS) is 41.4.